The number of aliphatic hydroxyl groups excluding tert-OH is 2. The molecule has 5 nitrogen and oxygen atoms in total. The zero-order valence-electron chi connectivity index (χ0n) is 19.9. The number of ether oxygens (including phenoxy) is 2. The van der Waals surface area contributed by atoms with E-state index in [1.54, 1.807) is 0 Å². The van der Waals surface area contributed by atoms with Gasteiger partial charge in [0.2, 0.25) is 0 Å². The van der Waals surface area contributed by atoms with E-state index in [0.717, 1.165) is 84.0 Å². The maximum atomic E-state index is 8.57. The molecule has 1 aromatic carbocycles. The molecule has 0 heterocycles. The van der Waals surface area contributed by atoms with Gasteiger partial charge in [0.1, 0.15) is 0 Å². The summed E-state index contributed by atoms with van der Waals surface area (Å²) < 4.78 is 10.8. The minimum Gasteiger partial charge on any atom is -0.396 e. The minimum atomic E-state index is 0.260. The van der Waals surface area contributed by atoms with Crippen LogP contribution in [0.4, 0.5) is 0 Å². The lowest BCUT2D eigenvalue weighted by atomic mass is 10.1. The molecular weight excluding hydrogens is 390 g/mol. The molecule has 0 aliphatic rings. The predicted molar refractivity (Wildman–Crippen MR) is 130 cm³/mol. The molecule has 0 saturated heterocycles. The maximum Gasteiger partial charge on any atom is 0.0591 e. The lowest BCUT2D eigenvalue weighted by Gasteiger charge is -2.05. The topological polar surface area (TPSA) is 71.0 Å². The van der Waals surface area contributed by atoms with Gasteiger partial charge in [-0.1, -0.05) is 56.3 Å². The van der Waals surface area contributed by atoms with Gasteiger partial charge in [-0.3, -0.25) is 0 Å². The average Bonchev–Trinajstić information content (AvgIpc) is 2.78. The fourth-order valence-electron chi connectivity index (χ4n) is 2.60. The van der Waals surface area contributed by atoms with Crippen LogP contribution in [0.3, 0.4) is 0 Å². The number of hydrogen-bond acceptors (Lipinski definition) is 5. The van der Waals surface area contributed by atoms with Crippen molar-refractivity contribution < 1.29 is 19.7 Å². The lowest BCUT2D eigenvalue weighted by Crippen LogP contribution is -2.19. The summed E-state index contributed by atoms with van der Waals surface area (Å²) in [4.78, 5) is 0. The largest absolute Gasteiger partial charge is 0.396 e. The first-order valence-corrected chi connectivity index (χ1v) is 12.0. The number of unbranched alkanes of at least 4 members (excludes halogenated alkanes) is 3. The predicted octanol–water partition coefficient (Wildman–Crippen LogP) is 4.72. The van der Waals surface area contributed by atoms with Gasteiger partial charge in [-0.2, -0.15) is 0 Å². The summed E-state index contributed by atoms with van der Waals surface area (Å²) in [6, 6.07) is 10.3. The van der Waals surface area contributed by atoms with Crippen LogP contribution in [0, 0.1) is 5.92 Å². The van der Waals surface area contributed by atoms with Crippen molar-refractivity contribution in [1.29, 1.82) is 0 Å². The van der Waals surface area contributed by atoms with Crippen LogP contribution in [0.5, 0.6) is 0 Å². The van der Waals surface area contributed by atoms with E-state index < -0.39 is 0 Å². The zero-order chi connectivity index (χ0) is 22.8. The molecule has 0 bridgehead atoms. The van der Waals surface area contributed by atoms with E-state index in [0.29, 0.717) is 0 Å². The van der Waals surface area contributed by atoms with Crippen molar-refractivity contribution in [2.45, 2.75) is 65.3 Å². The Hall–Kier alpha value is -1.24. The molecule has 0 aliphatic carbocycles. The number of benzene rings is 1. The fraction of sp³-hybridized carbons (Fsp3) is 0.692. The first-order valence-electron chi connectivity index (χ1n) is 12.0. The Morgan fingerprint density at radius 3 is 2.03 bits per heavy atom. The maximum absolute atomic E-state index is 8.57. The molecule has 0 aliphatic heterocycles. The molecule has 1 aromatic rings. The van der Waals surface area contributed by atoms with E-state index in [4.69, 9.17) is 19.7 Å². The van der Waals surface area contributed by atoms with Gasteiger partial charge in [0.15, 0.2) is 0 Å². The van der Waals surface area contributed by atoms with E-state index in [-0.39, 0.29) is 13.2 Å². The summed E-state index contributed by atoms with van der Waals surface area (Å²) in [5.74, 6) is 0.760. The van der Waals surface area contributed by atoms with Crippen LogP contribution in [0.25, 0.3) is 0 Å². The second-order valence-electron chi connectivity index (χ2n) is 7.99. The van der Waals surface area contributed by atoms with Gasteiger partial charge in [-0.15, -0.1) is 0 Å². The van der Waals surface area contributed by atoms with Gasteiger partial charge in [0.05, 0.1) is 6.61 Å². The van der Waals surface area contributed by atoms with E-state index in [9.17, 15) is 0 Å². The van der Waals surface area contributed by atoms with Crippen LogP contribution in [0.1, 0.15) is 64.4 Å². The van der Waals surface area contributed by atoms with Crippen molar-refractivity contribution in [3.8, 4) is 0 Å². The second kappa shape index (κ2) is 25.0. The molecule has 0 radical (unpaired) electrons. The Bertz CT molecular complexity index is 480. The minimum absolute atomic E-state index is 0.260. The van der Waals surface area contributed by atoms with Gasteiger partial charge < -0.3 is 25.0 Å². The average molecular weight is 438 g/mol. The number of aliphatic hydroxyl groups is 2. The van der Waals surface area contributed by atoms with E-state index in [1.807, 2.05) is 18.2 Å². The highest BCUT2D eigenvalue weighted by Crippen LogP contribution is 2.02. The van der Waals surface area contributed by atoms with Gasteiger partial charge in [0, 0.05) is 46.1 Å². The molecule has 31 heavy (non-hydrogen) atoms. The summed E-state index contributed by atoms with van der Waals surface area (Å²) in [6.07, 6.45) is 11.5. The molecule has 0 fully saturated rings. The highest BCUT2D eigenvalue weighted by atomic mass is 16.5. The summed E-state index contributed by atoms with van der Waals surface area (Å²) in [5.41, 5.74) is 1.29. The first-order chi connectivity index (χ1) is 15.2. The third-order valence-electron chi connectivity index (χ3n) is 4.42. The van der Waals surface area contributed by atoms with Crippen LogP contribution in [-0.4, -0.2) is 56.4 Å². The quantitative estimate of drug-likeness (QED) is 0.216. The van der Waals surface area contributed by atoms with Gasteiger partial charge in [-0.25, -0.2) is 0 Å². The SMILES string of the molecule is CC(C)C/C=C\CCCOCCCCO.OCCCCOCCNCc1ccccc1. The number of hydrogen-bond donors (Lipinski definition) is 3. The summed E-state index contributed by atoms with van der Waals surface area (Å²) in [6.45, 7) is 9.87. The molecule has 0 atom stereocenters. The Kier molecular flexibility index (Phi) is 24.0. The Morgan fingerprint density at radius 1 is 0.806 bits per heavy atom. The van der Waals surface area contributed by atoms with Crippen LogP contribution in [-0.2, 0) is 16.0 Å². The summed E-state index contributed by atoms with van der Waals surface area (Å²) in [7, 11) is 0. The van der Waals surface area contributed by atoms with Crippen LogP contribution in [0.15, 0.2) is 42.5 Å². The van der Waals surface area contributed by atoms with Gasteiger partial charge in [0.25, 0.3) is 0 Å². The van der Waals surface area contributed by atoms with Crippen molar-refractivity contribution in [3.63, 3.8) is 0 Å². The normalized spacial score (nSPS) is 11.1. The van der Waals surface area contributed by atoms with Crippen molar-refractivity contribution in [2.24, 2.45) is 5.92 Å². The Balaban J connectivity index is 0.000000582. The molecule has 0 saturated carbocycles. The molecule has 1 rings (SSSR count). The standard InChI is InChI=1S/C13H21NO2.C13H26O2/c15-9-4-5-10-16-11-8-14-12-13-6-2-1-3-7-13;1-13(2)9-5-3-4-7-11-15-12-8-6-10-14/h1-3,6-7,14-15H,4-5,8-12H2;3,5,13-14H,4,6-12H2,1-2H3/b;5-3-. The van der Waals surface area contributed by atoms with Crippen LogP contribution < -0.4 is 5.32 Å². The monoisotopic (exact) mass is 437 g/mol. The van der Waals surface area contributed by atoms with Gasteiger partial charge in [-0.05, 0) is 56.4 Å². The molecule has 0 aromatic heterocycles. The summed E-state index contributed by atoms with van der Waals surface area (Å²) in [5, 5.41) is 20.4. The lowest BCUT2D eigenvalue weighted by molar-refractivity contribution is 0.123. The molecule has 0 unspecified atom stereocenters. The fourth-order valence-corrected chi connectivity index (χ4v) is 2.60. The zero-order valence-corrected chi connectivity index (χ0v) is 19.9. The summed E-state index contributed by atoms with van der Waals surface area (Å²) >= 11 is 0. The molecular formula is C26H47NO4. The van der Waals surface area contributed by atoms with Crippen LogP contribution >= 0.6 is 0 Å². The van der Waals surface area contributed by atoms with Crippen molar-refractivity contribution in [3.05, 3.63) is 48.0 Å². The third-order valence-corrected chi connectivity index (χ3v) is 4.42. The molecule has 180 valence electrons. The van der Waals surface area contributed by atoms with E-state index in [2.05, 4.69) is 43.4 Å². The second-order valence-corrected chi connectivity index (χ2v) is 7.99. The molecule has 0 amide bonds. The van der Waals surface area contributed by atoms with Crippen LogP contribution in [0.2, 0.25) is 0 Å². The Labute approximate surface area is 190 Å². The van der Waals surface area contributed by atoms with Crippen molar-refractivity contribution >= 4 is 0 Å². The molecule has 5 heteroatoms. The molecule has 3 N–H and O–H groups in total. The highest BCUT2D eigenvalue weighted by Gasteiger charge is 1.92. The van der Waals surface area contributed by atoms with Crippen molar-refractivity contribution in [1.82, 2.24) is 5.32 Å². The van der Waals surface area contributed by atoms with Gasteiger partial charge >= 0.3 is 0 Å². The molecule has 0 spiro atoms. The number of allylic oxidation sites excluding steroid dienone is 2. The number of nitrogens with one attached hydrogen (secondary N) is 1. The Morgan fingerprint density at radius 2 is 1.42 bits per heavy atom. The first kappa shape index (κ1) is 29.8. The van der Waals surface area contributed by atoms with Crippen molar-refractivity contribution in [2.75, 3.05) is 46.2 Å². The van der Waals surface area contributed by atoms with E-state index >= 15 is 0 Å². The number of rotatable bonds is 19. The smallest absolute Gasteiger partial charge is 0.0591 e. The third kappa shape index (κ3) is 24.9. The highest BCUT2D eigenvalue weighted by molar-refractivity contribution is 5.14. The van der Waals surface area contributed by atoms with E-state index in [1.165, 1.54) is 12.0 Å².